The molecule has 0 fully saturated rings. The van der Waals surface area contributed by atoms with Crippen molar-refractivity contribution < 1.29 is 14.3 Å². The summed E-state index contributed by atoms with van der Waals surface area (Å²) < 4.78 is 14.4. The maximum absolute atomic E-state index is 11.9. The summed E-state index contributed by atoms with van der Waals surface area (Å²) in [5, 5.41) is 7.02. The largest absolute Gasteiger partial charge is 0.454 e. The van der Waals surface area contributed by atoms with Crippen LogP contribution in [0.25, 0.3) is 11.7 Å². The molecule has 122 valence electrons. The van der Waals surface area contributed by atoms with Crippen LogP contribution in [0, 0.1) is 0 Å². The standard InChI is InChI=1S/C17H16N4O3/c22-16(4-2-13-1-3-14-15(11-13)24-12-23-14)18-7-8-20-9-10-21-17(20)5-6-19-21/h1-6,9-11H,7-8,12H2,(H,18,22). The third-order valence-corrected chi connectivity index (χ3v) is 3.81. The SMILES string of the molecule is O=C(C=Cc1ccc2c(c1)OCO2)NCCn1ccn2nccc12. The summed E-state index contributed by atoms with van der Waals surface area (Å²) in [7, 11) is 0. The van der Waals surface area contributed by atoms with E-state index in [4.69, 9.17) is 9.47 Å². The van der Waals surface area contributed by atoms with Gasteiger partial charge in [-0.3, -0.25) is 4.79 Å². The molecular weight excluding hydrogens is 308 g/mol. The molecule has 7 nitrogen and oxygen atoms in total. The lowest BCUT2D eigenvalue weighted by Gasteiger charge is -2.04. The molecular formula is C17H16N4O3. The van der Waals surface area contributed by atoms with Gasteiger partial charge < -0.3 is 19.4 Å². The van der Waals surface area contributed by atoms with E-state index in [2.05, 4.69) is 10.4 Å². The first-order chi connectivity index (χ1) is 11.8. The van der Waals surface area contributed by atoms with Crippen LogP contribution in [0.15, 0.2) is 48.9 Å². The molecule has 0 saturated carbocycles. The summed E-state index contributed by atoms with van der Waals surface area (Å²) in [5.74, 6) is 1.30. The number of imidazole rings is 1. The Labute approximate surface area is 138 Å². The molecule has 1 amide bonds. The number of aromatic nitrogens is 3. The zero-order chi connectivity index (χ0) is 16.4. The van der Waals surface area contributed by atoms with Gasteiger partial charge in [0.15, 0.2) is 11.5 Å². The molecule has 3 aromatic rings. The first kappa shape index (κ1) is 14.4. The predicted octanol–water partition coefficient (Wildman–Crippen LogP) is 1.69. The number of ether oxygens (including phenoxy) is 2. The molecule has 0 aliphatic carbocycles. The van der Waals surface area contributed by atoms with Gasteiger partial charge in [-0.05, 0) is 23.8 Å². The first-order valence-electron chi connectivity index (χ1n) is 7.64. The topological polar surface area (TPSA) is 69.8 Å². The van der Waals surface area contributed by atoms with Crippen LogP contribution in [-0.4, -0.2) is 33.4 Å². The summed E-state index contributed by atoms with van der Waals surface area (Å²) in [6.07, 6.45) is 8.84. The highest BCUT2D eigenvalue weighted by atomic mass is 16.7. The minimum atomic E-state index is -0.135. The maximum atomic E-state index is 11.9. The second-order valence-electron chi connectivity index (χ2n) is 5.36. The van der Waals surface area contributed by atoms with Gasteiger partial charge in [-0.25, -0.2) is 4.52 Å². The van der Waals surface area contributed by atoms with Gasteiger partial charge in [0.25, 0.3) is 0 Å². The molecule has 7 heteroatoms. The van der Waals surface area contributed by atoms with Crippen LogP contribution in [0.5, 0.6) is 11.5 Å². The van der Waals surface area contributed by atoms with Crippen LogP contribution in [0.1, 0.15) is 5.56 Å². The van der Waals surface area contributed by atoms with E-state index < -0.39 is 0 Å². The van der Waals surface area contributed by atoms with E-state index >= 15 is 0 Å². The molecule has 3 heterocycles. The number of carbonyl (C=O) groups is 1. The van der Waals surface area contributed by atoms with E-state index in [0.717, 1.165) is 17.0 Å². The second-order valence-corrected chi connectivity index (χ2v) is 5.36. The Kier molecular flexibility index (Phi) is 3.66. The smallest absolute Gasteiger partial charge is 0.244 e. The molecule has 0 spiro atoms. The molecule has 2 aromatic heterocycles. The maximum Gasteiger partial charge on any atom is 0.244 e. The lowest BCUT2D eigenvalue weighted by Crippen LogP contribution is -2.25. The van der Waals surface area contributed by atoms with Gasteiger partial charge in [-0.15, -0.1) is 0 Å². The number of hydrogen-bond acceptors (Lipinski definition) is 4. The van der Waals surface area contributed by atoms with Crippen LogP contribution >= 0.6 is 0 Å². The molecule has 1 aromatic carbocycles. The van der Waals surface area contributed by atoms with Crippen LogP contribution < -0.4 is 14.8 Å². The molecule has 0 bridgehead atoms. The fourth-order valence-corrected chi connectivity index (χ4v) is 2.61. The van der Waals surface area contributed by atoms with Crippen molar-refractivity contribution in [1.29, 1.82) is 0 Å². The lowest BCUT2D eigenvalue weighted by atomic mass is 10.2. The number of benzene rings is 1. The van der Waals surface area contributed by atoms with E-state index in [0.29, 0.717) is 18.8 Å². The highest BCUT2D eigenvalue weighted by Crippen LogP contribution is 2.32. The van der Waals surface area contributed by atoms with Crippen LogP contribution in [0.4, 0.5) is 0 Å². The molecule has 0 unspecified atom stereocenters. The van der Waals surface area contributed by atoms with Crippen LogP contribution in [-0.2, 0) is 11.3 Å². The van der Waals surface area contributed by atoms with E-state index in [1.54, 1.807) is 16.8 Å². The molecule has 0 radical (unpaired) electrons. The minimum Gasteiger partial charge on any atom is -0.454 e. The monoisotopic (exact) mass is 324 g/mol. The average Bonchev–Trinajstić information content (AvgIpc) is 3.30. The summed E-state index contributed by atoms with van der Waals surface area (Å²) in [4.78, 5) is 11.9. The zero-order valence-corrected chi connectivity index (χ0v) is 12.9. The highest BCUT2D eigenvalue weighted by Gasteiger charge is 2.12. The number of nitrogens with zero attached hydrogens (tertiary/aromatic N) is 3. The second kappa shape index (κ2) is 6.11. The van der Waals surface area contributed by atoms with Crippen molar-refractivity contribution in [3.63, 3.8) is 0 Å². The van der Waals surface area contributed by atoms with Crippen molar-refractivity contribution in [1.82, 2.24) is 19.5 Å². The first-order valence-corrected chi connectivity index (χ1v) is 7.64. The fourth-order valence-electron chi connectivity index (χ4n) is 2.61. The summed E-state index contributed by atoms with van der Waals surface area (Å²) >= 11 is 0. The summed E-state index contributed by atoms with van der Waals surface area (Å²) in [6, 6.07) is 7.50. The average molecular weight is 324 g/mol. The van der Waals surface area contributed by atoms with Crippen molar-refractivity contribution in [3.8, 4) is 11.5 Å². The van der Waals surface area contributed by atoms with Gasteiger partial charge in [0.05, 0.1) is 6.20 Å². The summed E-state index contributed by atoms with van der Waals surface area (Å²) in [6.45, 7) is 1.47. The van der Waals surface area contributed by atoms with E-state index in [9.17, 15) is 4.79 Å². The minimum absolute atomic E-state index is 0.135. The number of fused-ring (bicyclic) bond motifs is 2. The van der Waals surface area contributed by atoms with Crippen LogP contribution in [0.2, 0.25) is 0 Å². The Morgan fingerprint density at radius 2 is 2.17 bits per heavy atom. The van der Waals surface area contributed by atoms with Crippen molar-refractivity contribution in [2.75, 3.05) is 13.3 Å². The number of nitrogens with one attached hydrogen (secondary N) is 1. The Morgan fingerprint density at radius 3 is 3.12 bits per heavy atom. The lowest BCUT2D eigenvalue weighted by molar-refractivity contribution is -0.116. The number of rotatable bonds is 5. The fraction of sp³-hybridized carbons (Fsp3) is 0.176. The Morgan fingerprint density at radius 1 is 1.25 bits per heavy atom. The van der Waals surface area contributed by atoms with Gasteiger partial charge >= 0.3 is 0 Å². The van der Waals surface area contributed by atoms with E-state index in [1.165, 1.54) is 6.08 Å². The van der Waals surface area contributed by atoms with Crippen molar-refractivity contribution in [2.24, 2.45) is 0 Å². The molecule has 1 aliphatic heterocycles. The third kappa shape index (κ3) is 2.83. The molecule has 4 rings (SSSR count). The van der Waals surface area contributed by atoms with E-state index in [-0.39, 0.29) is 12.7 Å². The highest BCUT2D eigenvalue weighted by molar-refractivity contribution is 5.91. The zero-order valence-electron chi connectivity index (χ0n) is 12.9. The molecule has 0 saturated heterocycles. The van der Waals surface area contributed by atoms with Gasteiger partial charge in [-0.2, -0.15) is 5.10 Å². The quantitative estimate of drug-likeness (QED) is 0.725. The third-order valence-electron chi connectivity index (χ3n) is 3.81. The molecule has 1 N–H and O–H groups in total. The van der Waals surface area contributed by atoms with Crippen molar-refractivity contribution in [2.45, 2.75) is 6.54 Å². The van der Waals surface area contributed by atoms with Gasteiger partial charge in [0.2, 0.25) is 12.7 Å². The van der Waals surface area contributed by atoms with Gasteiger partial charge in [0, 0.05) is 37.6 Å². The Balaban J connectivity index is 1.31. The van der Waals surface area contributed by atoms with Crippen molar-refractivity contribution in [3.05, 3.63) is 54.5 Å². The van der Waals surface area contributed by atoms with Gasteiger partial charge in [-0.1, -0.05) is 6.07 Å². The number of carbonyl (C=O) groups excluding carboxylic acids is 1. The van der Waals surface area contributed by atoms with E-state index in [1.807, 2.05) is 41.2 Å². The normalized spacial score (nSPS) is 13.0. The van der Waals surface area contributed by atoms with Crippen molar-refractivity contribution >= 4 is 17.6 Å². The number of amides is 1. The van der Waals surface area contributed by atoms with Crippen LogP contribution in [0.3, 0.4) is 0 Å². The number of hydrogen-bond donors (Lipinski definition) is 1. The molecule has 1 aliphatic rings. The van der Waals surface area contributed by atoms with Gasteiger partial charge in [0.1, 0.15) is 5.65 Å². The predicted molar refractivity (Wildman–Crippen MR) is 87.8 cm³/mol. The Bertz CT molecular complexity index is 910. The molecule has 0 atom stereocenters. The Hall–Kier alpha value is -3.22. The summed E-state index contributed by atoms with van der Waals surface area (Å²) in [5.41, 5.74) is 1.89. The molecule has 24 heavy (non-hydrogen) atoms.